The summed E-state index contributed by atoms with van der Waals surface area (Å²) < 4.78 is 41.0. The second-order valence-corrected chi connectivity index (χ2v) is 4.72. The fourth-order valence-electron chi connectivity index (χ4n) is 2.06. The number of aromatic nitrogens is 1. The molecule has 2 rings (SSSR count). The Morgan fingerprint density at radius 3 is 2.00 bits per heavy atom. The molecule has 2 nitrogen and oxygen atoms in total. The molecule has 1 heterocycles. The molecule has 0 amide bonds. The first-order valence-electron chi connectivity index (χ1n) is 6.54. The summed E-state index contributed by atoms with van der Waals surface area (Å²) in [6.45, 7) is 3.60. The summed E-state index contributed by atoms with van der Waals surface area (Å²) in [5.74, 6) is 0.109. The van der Waals surface area contributed by atoms with E-state index in [-0.39, 0.29) is 5.78 Å². The molecule has 0 spiro atoms. The normalized spacial score (nSPS) is 10.7. The fourth-order valence-corrected chi connectivity index (χ4v) is 2.06. The van der Waals surface area contributed by atoms with Gasteiger partial charge in [0.1, 0.15) is 7.05 Å². The first-order valence-corrected chi connectivity index (χ1v) is 6.54. The SMILES string of the molecule is CC(=O)c1c(-c2ccccc2)cc[n+](C)c1C.F[B-](F)(F)F. The number of halogens is 4. The van der Waals surface area contributed by atoms with Gasteiger partial charge in [-0.3, -0.25) is 4.79 Å². The molecular formula is C15H16BF4NO. The maximum absolute atomic E-state index is 11.8. The molecule has 0 aliphatic carbocycles. The van der Waals surface area contributed by atoms with Crippen LogP contribution in [0.15, 0.2) is 42.6 Å². The molecule has 0 bridgehead atoms. The highest BCUT2D eigenvalue weighted by molar-refractivity contribution is 6.50. The van der Waals surface area contributed by atoms with Gasteiger partial charge >= 0.3 is 7.25 Å². The average molecular weight is 313 g/mol. The number of hydrogen-bond donors (Lipinski definition) is 0. The Hall–Kier alpha value is -2.18. The molecule has 0 atom stereocenters. The highest BCUT2D eigenvalue weighted by atomic mass is 19.5. The maximum Gasteiger partial charge on any atom is 0.673 e. The van der Waals surface area contributed by atoms with Gasteiger partial charge in [-0.15, -0.1) is 0 Å². The van der Waals surface area contributed by atoms with Crippen LogP contribution in [-0.2, 0) is 7.05 Å². The van der Waals surface area contributed by atoms with E-state index in [4.69, 9.17) is 0 Å². The first-order chi connectivity index (χ1) is 10.1. The predicted molar refractivity (Wildman–Crippen MR) is 78.0 cm³/mol. The summed E-state index contributed by atoms with van der Waals surface area (Å²) in [5.41, 5.74) is 3.90. The lowest BCUT2D eigenvalue weighted by atomic mass is 9.97. The van der Waals surface area contributed by atoms with Crippen molar-refractivity contribution in [1.82, 2.24) is 0 Å². The second-order valence-electron chi connectivity index (χ2n) is 4.72. The van der Waals surface area contributed by atoms with Crippen molar-refractivity contribution in [2.75, 3.05) is 0 Å². The van der Waals surface area contributed by atoms with E-state index in [0.29, 0.717) is 0 Å². The molecule has 1 aromatic heterocycles. The molecule has 0 aliphatic rings. The highest BCUT2D eigenvalue weighted by Crippen LogP contribution is 2.24. The Morgan fingerprint density at radius 1 is 1.05 bits per heavy atom. The summed E-state index contributed by atoms with van der Waals surface area (Å²) in [5, 5.41) is 0. The van der Waals surface area contributed by atoms with Crippen LogP contribution in [0.1, 0.15) is 23.0 Å². The van der Waals surface area contributed by atoms with E-state index in [2.05, 4.69) is 0 Å². The minimum atomic E-state index is -6.00. The summed E-state index contributed by atoms with van der Waals surface area (Å²) in [6, 6.07) is 12.0. The molecule has 0 radical (unpaired) electrons. The molecule has 0 N–H and O–H groups in total. The number of Topliss-reactive ketones (excluding diaryl/α,β-unsaturated/α-hetero) is 1. The van der Waals surface area contributed by atoms with Crippen LogP contribution < -0.4 is 4.57 Å². The number of hydrogen-bond acceptors (Lipinski definition) is 1. The lowest BCUT2D eigenvalue weighted by Crippen LogP contribution is -2.33. The van der Waals surface area contributed by atoms with Gasteiger partial charge in [-0.25, -0.2) is 4.57 Å². The third kappa shape index (κ3) is 5.31. The summed E-state index contributed by atoms with van der Waals surface area (Å²) >= 11 is 0. The van der Waals surface area contributed by atoms with Crippen LogP contribution in [0, 0.1) is 6.92 Å². The standard InChI is InChI=1S/C15H16NO.BF4/c1-11-15(12(2)17)14(9-10-16(11)3)13-7-5-4-6-8-13;2-1(3,4)5/h4-10H,1-3H3;/q+1;-1. The Morgan fingerprint density at radius 2 is 1.55 bits per heavy atom. The number of carbonyl (C=O) groups excluding carboxylic acids is 1. The number of rotatable bonds is 2. The Bertz CT molecular complexity index is 651. The second kappa shape index (κ2) is 7.20. The zero-order valence-corrected chi connectivity index (χ0v) is 12.5. The fraction of sp³-hybridized carbons (Fsp3) is 0.200. The molecular weight excluding hydrogens is 297 g/mol. The zero-order chi connectivity index (χ0) is 16.9. The number of ketones is 1. The van der Waals surface area contributed by atoms with E-state index >= 15 is 0 Å². The first kappa shape index (κ1) is 17.9. The third-order valence-corrected chi connectivity index (χ3v) is 3.06. The van der Waals surface area contributed by atoms with Crippen LogP contribution in [0.3, 0.4) is 0 Å². The number of aryl methyl sites for hydroxylation is 1. The molecule has 0 aliphatic heterocycles. The smallest absolute Gasteiger partial charge is 0.418 e. The van der Waals surface area contributed by atoms with Gasteiger partial charge in [0.05, 0.1) is 5.56 Å². The van der Waals surface area contributed by atoms with Crippen molar-refractivity contribution in [3.63, 3.8) is 0 Å². The van der Waals surface area contributed by atoms with Crippen LogP contribution in [0.2, 0.25) is 0 Å². The number of carbonyl (C=O) groups is 1. The number of benzene rings is 1. The Kier molecular flexibility index (Phi) is 5.85. The zero-order valence-electron chi connectivity index (χ0n) is 12.5. The van der Waals surface area contributed by atoms with Crippen LogP contribution in [0.25, 0.3) is 11.1 Å². The van der Waals surface area contributed by atoms with Crippen LogP contribution >= 0.6 is 0 Å². The van der Waals surface area contributed by atoms with Crippen molar-refractivity contribution in [1.29, 1.82) is 0 Å². The van der Waals surface area contributed by atoms with Crippen LogP contribution in [0.5, 0.6) is 0 Å². The van der Waals surface area contributed by atoms with E-state index in [9.17, 15) is 22.1 Å². The molecule has 2 aromatic rings. The van der Waals surface area contributed by atoms with Crippen molar-refractivity contribution in [3.05, 3.63) is 53.9 Å². The summed E-state index contributed by atoms with van der Waals surface area (Å²) in [6.07, 6.45) is 1.99. The minimum Gasteiger partial charge on any atom is -0.418 e. The van der Waals surface area contributed by atoms with Gasteiger partial charge in [-0.05, 0) is 12.5 Å². The van der Waals surface area contributed by atoms with Crippen molar-refractivity contribution >= 4 is 13.0 Å². The molecule has 1 aromatic carbocycles. The highest BCUT2D eigenvalue weighted by Gasteiger charge is 2.20. The van der Waals surface area contributed by atoms with Gasteiger partial charge in [0.2, 0.25) is 0 Å². The van der Waals surface area contributed by atoms with Crippen molar-refractivity contribution in [2.45, 2.75) is 13.8 Å². The number of nitrogens with zero attached hydrogens (tertiary/aromatic N) is 1. The van der Waals surface area contributed by atoms with E-state index in [1.807, 2.05) is 61.1 Å². The average Bonchev–Trinajstić information content (AvgIpc) is 2.40. The molecule has 22 heavy (non-hydrogen) atoms. The van der Waals surface area contributed by atoms with Gasteiger partial charge in [0.15, 0.2) is 17.7 Å². The van der Waals surface area contributed by atoms with E-state index in [1.165, 1.54) is 0 Å². The topological polar surface area (TPSA) is 20.9 Å². The molecule has 0 saturated carbocycles. The molecule has 0 fully saturated rings. The van der Waals surface area contributed by atoms with Gasteiger partial charge < -0.3 is 17.3 Å². The van der Waals surface area contributed by atoms with Gasteiger partial charge in [0.25, 0.3) is 0 Å². The Balaban J connectivity index is 0.000000422. The van der Waals surface area contributed by atoms with Crippen LogP contribution in [0.4, 0.5) is 17.3 Å². The summed E-state index contributed by atoms with van der Waals surface area (Å²) in [4.78, 5) is 11.8. The van der Waals surface area contributed by atoms with Crippen molar-refractivity contribution in [2.24, 2.45) is 7.05 Å². The van der Waals surface area contributed by atoms with Crippen LogP contribution in [-0.4, -0.2) is 13.0 Å². The third-order valence-electron chi connectivity index (χ3n) is 3.06. The number of pyridine rings is 1. The molecule has 0 saturated heterocycles. The van der Waals surface area contributed by atoms with E-state index in [1.54, 1.807) is 6.92 Å². The lowest BCUT2D eigenvalue weighted by molar-refractivity contribution is -0.677. The van der Waals surface area contributed by atoms with Crippen molar-refractivity contribution < 1.29 is 26.6 Å². The Labute approximate surface area is 126 Å². The lowest BCUT2D eigenvalue weighted by Gasteiger charge is -2.08. The molecule has 0 unspecified atom stereocenters. The minimum absolute atomic E-state index is 0.109. The van der Waals surface area contributed by atoms with Crippen molar-refractivity contribution in [3.8, 4) is 11.1 Å². The largest absolute Gasteiger partial charge is 0.673 e. The summed E-state index contributed by atoms with van der Waals surface area (Å²) in [7, 11) is -4.05. The molecule has 118 valence electrons. The van der Waals surface area contributed by atoms with Gasteiger partial charge in [-0.2, -0.15) is 0 Å². The monoisotopic (exact) mass is 313 g/mol. The van der Waals surface area contributed by atoms with Gasteiger partial charge in [-0.1, -0.05) is 30.3 Å². The maximum atomic E-state index is 11.8. The molecule has 7 heteroatoms. The van der Waals surface area contributed by atoms with E-state index in [0.717, 1.165) is 22.4 Å². The predicted octanol–water partition coefficient (Wildman–Crippen LogP) is 3.99. The van der Waals surface area contributed by atoms with E-state index < -0.39 is 7.25 Å². The quantitative estimate of drug-likeness (QED) is 0.355. The van der Waals surface area contributed by atoms with Gasteiger partial charge in [0, 0.05) is 18.6 Å².